The van der Waals surface area contributed by atoms with Gasteiger partial charge < -0.3 is 4.57 Å². The zero-order valence-corrected chi connectivity index (χ0v) is 9.70. The van der Waals surface area contributed by atoms with Crippen LogP contribution >= 0.6 is 24.2 Å². The Morgan fingerprint density at radius 2 is 2.27 bits per heavy atom. The van der Waals surface area contributed by atoms with E-state index in [1.54, 1.807) is 12.3 Å². The van der Waals surface area contributed by atoms with Gasteiger partial charge in [-0.2, -0.15) is 0 Å². The number of aromatic nitrogens is 4. The lowest BCUT2D eigenvalue weighted by Crippen LogP contribution is -1.98. The normalized spacial score (nSPS) is 10.6. The molecule has 0 aliphatic heterocycles. The highest BCUT2D eigenvalue weighted by Gasteiger charge is 2.10. The molecule has 0 aliphatic rings. The Morgan fingerprint density at radius 3 is 2.93 bits per heavy atom. The molecule has 2 heterocycles. The van der Waals surface area contributed by atoms with Crippen LogP contribution in [0.4, 0.5) is 0 Å². The molecular formula is C9H9ClN4S. The number of halogens is 1. The van der Waals surface area contributed by atoms with Crippen LogP contribution in [0.25, 0.3) is 11.4 Å². The van der Waals surface area contributed by atoms with Gasteiger partial charge in [0.2, 0.25) is 0 Å². The van der Waals surface area contributed by atoms with Crippen molar-refractivity contribution in [2.75, 3.05) is 0 Å². The Kier molecular flexibility index (Phi) is 2.93. The average Bonchev–Trinajstić information content (AvgIpc) is 2.59. The molecule has 0 saturated heterocycles. The molecule has 0 spiro atoms. The summed E-state index contributed by atoms with van der Waals surface area (Å²) in [6, 6.07) is 3.60. The van der Waals surface area contributed by atoms with Gasteiger partial charge in [-0.3, -0.25) is 0 Å². The van der Waals surface area contributed by atoms with Crippen molar-refractivity contribution < 1.29 is 0 Å². The van der Waals surface area contributed by atoms with Crippen molar-refractivity contribution in [3.8, 4) is 11.4 Å². The molecule has 0 saturated carbocycles. The van der Waals surface area contributed by atoms with Crippen molar-refractivity contribution in [3.05, 3.63) is 23.5 Å². The smallest absolute Gasteiger partial charge is 0.188 e. The van der Waals surface area contributed by atoms with E-state index < -0.39 is 0 Å². The topological polar surface area (TPSA) is 43.6 Å². The fourth-order valence-corrected chi connectivity index (χ4v) is 1.80. The molecule has 15 heavy (non-hydrogen) atoms. The zero-order chi connectivity index (χ0) is 10.8. The average molecular weight is 241 g/mol. The van der Waals surface area contributed by atoms with Gasteiger partial charge in [0.1, 0.15) is 5.15 Å². The molecule has 2 aromatic heterocycles. The third-order valence-corrected chi connectivity index (χ3v) is 2.57. The number of hydrogen-bond acceptors (Lipinski definition) is 4. The number of hydrogen-bond donors (Lipinski definition) is 1. The molecule has 2 aromatic rings. The summed E-state index contributed by atoms with van der Waals surface area (Å²) in [4.78, 5) is 3.92. The van der Waals surface area contributed by atoms with Gasteiger partial charge >= 0.3 is 0 Å². The first-order valence-electron chi connectivity index (χ1n) is 4.46. The lowest BCUT2D eigenvalue weighted by molar-refractivity contribution is 0.690. The standard InChI is InChI=1S/C9H9ClN4S/c1-2-14-8(12-13-9(14)15)6-3-4-11-7(10)5-6/h3-5H,2H2,1H3,(H,13,15). The van der Waals surface area contributed by atoms with Gasteiger partial charge in [0.25, 0.3) is 0 Å². The van der Waals surface area contributed by atoms with Gasteiger partial charge in [-0.25, -0.2) is 4.98 Å². The van der Waals surface area contributed by atoms with E-state index in [1.807, 2.05) is 17.6 Å². The van der Waals surface area contributed by atoms with Crippen LogP contribution in [0.1, 0.15) is 6.92 Å². The highest BCUT2D eigenvalue weighted by atomic mass is 35.5. The Balaban J connectivity index is 2.54. The highest BCUT2D eigenvalue weighted by molar-refractivity contribution is 7.80. The molecule has 4 nitrogen and oxygen atoms in total. The second-order valence-electron chi connectivity index (χ2n) is 2.94. The summed E-state index contributed by atoms with van der Waals surface area (Å²) in [5.74, 6) is 0.756. The first kappa shape index (κ1) is 10.4. The first-order chi connectivity index (χ1) is 7.22. The lowest BCUT2D eigenvalue weighted by Gasteiger charge is -2.04. The van der Waals surface area contributed by atoms with E-state index >= 15 is 0 Å². The molecule has 0 fully saturated rings. The van der Waals surface area contributed by atoms with Crippen LogP contribution in [0.2, 0.25) is 5.15 Å². The van der Waals surface area contributed by atoms with Crippen LogP contribution in [-0.4, -0.2) is 19.7 Å². The maximum Gasteiger partial charge on any atom is 0.188 e. The van der Waals surface area contributed by atoms with Gasteiger partial charge in [0.15, 0.2) is 11.0 Å². The van der Waals surface area contributed by atoms with Crippen LogP contribution in [0.5, 0.6) is 0 Å². The minimum Gasteiger partial charge on any atom is -0.303 e. The van der Waals surface area contributed by atoms with Crippen LogP contribution in [0.15, 0.2) is 23.5 Å². The molecule has 0 radical (unpaired) electrons. The lowest BCUT2D eigenvalue weighted by atomic mass is 10.2. The minimum atomic E-state index is 0.443. The number of pyridine rings is 1. The summed E-state index contributed by atoms with van der Waals surface area (Å²) in [5, 5.41) is 9.00. The monoisotopic (exact) mass is 240 g/mol. The van der Waals surface area contributed by atoms with E-state index in [2.05, 4.69) is 27.8 Å². The molecular weight excluding hydrogens is 232 g/mol. The molecule has 6 heteroatoms. The van der Waals surface area contributed by atoms with Crippen molar-refractivity contribution in [1.82, 2.24) is 19.7 Å². The van der Waals surface area contributed by atoms with Crippen LogP contribution in [-0.2, 0) is 6.54 Å². The second-order valence-corrected chi connectivity index (χ2v) is 3.72. The van der Waals surface area contributed by atoms with Crippen LogP contribution < -0.4 is 0 Å². The number of thiol groups is 1. The predicted molar refractivity (Wildman–Crippen MR) is 61.2 cm³/mol. The van der Waals surface area contributed by atoms with Gasteiger partial charge in [-0.1, -0.05) is 11.6 Å². The maximum atomic E-state index is 5.81. The van der Waals surface area contributed by atoms with Gasteiger partial charge in [-0.15, -0.1) is 22.8 Å². The van der Waals surface area contributed by atoms with Gasteiger partial charge in [-0.05, 0) is 19.1 Å². The van der Waals surface area contributed by atoms with Crippen molar-refractivity contribution in [2.45, 2.75) is 18.6 Å². The molecule has 0 unspecified atom stereocenters. The van der Waals surface area contributed by atoms with E-state index in [0.29, 0.717) is 10.3 Å². The molecule has 0 amide bonds. The van der Waals surface area contributed by atoms with E-state index in [0.717, 1.165) is 17.9 Å². The summed E-state index contributed by atoms with van der Waals surface area (Å²) < 4.78 is 1.90. The van der Waals surface area contributed by atoms with Crippen LogP contribution in [0.3, 0.4) is 0 Å². The number of rotatable bonds is 2. The molecule has 0 aromatic carbocycles. The largest absolute Gasteiger partial charge is 0.303 e. The Morgan fingerprint density at radius 1 is 1.47 bits per heavy atom. The summed E-state index contributed by atoms with van der Waals surface area (Å²) in [6.45, 7) is 2.77. The molecule has 0 bridgehead atoms. The van der Waals surface area contributed by atoms with Crippen molar-refractivity contribution >= 4 is 24.2 Å². The van der Waals surface area contributed by atoms with E-state index in [1.165, 1.54) is 0 Å². The minimum absolute atomic E-state index is 0.443. The summed E-state index contributed by atoms with van der Waals surface area (Å²) in [6.07, 6.45) is 1.64. The fourth-order valence-electron chi connectivity index (χ4n) is 1.34. The summed E-state index contributed by atoms with van der Waals surface area (Å²) in [5.41, 5.74) is 0.893. The summed E-state index contributed by atoms with van der Waals surface area (Å²) in [7, 11) is 0. The Labute approximate surface area is 97.7 Å². The molecule has 0 N–H and O–H groups in total. The fraction of sp³-hybridized carbons (Fsp3) is 0.222. The van der Waals surface area contributed by atoms with Crippen LogP contribution in [0, 0.1) is 0 Å². The number of nitrogens with zero attached hydrogens (tertiary/aromatic N) is 4. The van der Waals surface area contributed by atoms with Crippen molar-refractivity contribution in [3.63, 3.8) is 0 Å². The molecule has 2 rings (SSSR count). The highest BCUT2D eigenvalue weighted by Crippen LogP contribution is 2.21. The molecule has 0 atom stereocenters. The first-order valence-corrected chi connectivity index (χ1v) is 5.29. The predicted octanol–water partition coefficient (Wildman–Crippen LogP) is 2.30. The zero-order valence-electron chi connectivity index (χ0n) is 8.05. The summed E-state index contributed by atoms with van der Waals surface area (Å²) >= 11 is 10.0. The van der Waals surface area contributed by atoms with Crippen molar-refractivity contribution in [2.24, 2.45) is 0 Å². The SMILES string of the molecule is CCn1c(S)nnc1-c1ccnc(Cl)c1. The molecule has 0 aliphatic carbocycles. The van der Waals surface area contributed by atoms with E-state index in [4.69, 9.17) is 11.6 Å². The van der Waals surface area contributed by atoms with Gasteiger partial charge in [0.05, 0.1) is 0 Å². The van der Waals surface area contributed by atoms with Gasteiger partial charge in [0, 0.05) is 18.3 Å². The Bertz CT molecular complexity index is 483. The quantitative estimate of drug-likeness (QED) is 0.647. The Hall–Kier alpha value is -1.07. The maximum absolute atomic E-state index is 5.81. The third-order valence-electron chi connectivity index (χ3n) is 2.03. The third kappa shape index (κ3) is 1.98. The second kappa shape index (κ2) is 4.20. The van der Waals surface area contributed by atoms with E-state index in [9.17, 15) is 0 Å². The van der Waals surface area contributed by atoms with E-state index in [-0.39, 0.29) is 0 Å². The molecule has 78 valence electrons. The van der Waals surface area contributed by atoms with Crippen molar-refractivity contribution in [1.29, 1.82) is 0 Å².